The summed E-state index contributed by atoms with van der Waals surface area (Å²) in [7, 11) is 0. The van der Waals surface area contributed by atoms with Crippen molar-refractivity contribution in [2.75, 3.05) is 18.0 Å². The predicted molar refractivity (Wildman–Crippen MR) is 92.2 cm³/mol. The first-order valence-electron chi connectivity index (χ1n) is 7.66. The minimum atomic E-state index is -1.23. The Hall–Kier alpha value is -1.64. The van der Waals surface area contributed by atoms with Crippen LogP contribution in [0, 0.1) is 0 Å². The molecule has 8 heteroatoms. The van der Waals surface area contributed by atoms with Crippen molar-refractivity contribution >= 4 is 39.4 Å². The highest BCUT2D eigenvalue weighted by molar-refractivity contribution is 7.90. The topological polar surface area (TPSA) is 80.8 Å². The van der Waals surface area contributed by atoms with Crippen molar-refractivity contribution in [1.82, 2.24) is 19.9 Å². The summed E-state index contributed by atoms with van der Waals surface area (Å²) >= 11 is 0.353. The van der Waals surface area contributed by atoms with Crippen molar-refractivity contribution in [3.8, 4) is 0 Å². The van der Waals surface area contributed by atoms with Crippen molar-refractivity contribution in [1.29, 1.82) is 0 Å². The summed E-state index contributed by atoms with van der Waals surface area (Å²) in [6, 6.07) is 1.95. The van der Waals surface area contributed by atoms with Crippen molar-refractivity contribution in [2.45, 2.75) is 30.2 Å². The van der Waals surface area contributed by atoms with E-state index in [0.717, 1.165) is 35.6 Å². The van der Waals surface area contributed by atoms with Crippen LogP contribution >= 0.6 is 11.3 Å². The number of H-pyrrole nitrogens is 1. The summed E-state index contributed by atoms with van der Waals surface area (Å²) in [5.41, 5.74) is 2.60. The molecule has 1 unspecified atom stereocenters. The van der Waals surface area contributed by atoms with E-state index in [1.807, 2.05) is 16.8 Å². The fourth-order valence-corrected chi connectivity index (χ4v) is 4.47. The van der Waals surface area contributed by atoms with E-state index in [-0.39, 0.29) is 0 Å². The van der Waals surface area contributed by atoms with E-state index in [0.29, 0.717) is 10.9 Å². The van der Waals surface area contributed by atoms with Gasteiger partial charge in [0.25, 0.3) is 0 Å². The fourth-order valence-electron chi connectivity index (χ4n) is 2.79. The van der Waals surface area contributed by atoms with Crippen LogP contribution in [0.5, 0.6) is 0 Å². The van der Waals surface area contributed by atoms with Crippen molar-refractivity contribution in [3.05, 3.63) is 28.8 Å². The second kappa shape index (κ2) is 6.46. The number of aromatic amines is 1. The lowest BCUT2D eigenvalue weighted by atomic mass is 10.1. The normalized spacial score (nSPS) is 16.8. The summed E-state index contributed by atoms with van der Waals surface area (Å²) in [5.74, 6) is 1.29. The van der Waals surface area contributed by atoms with Crippen LogP contribution in [0.25, 0.3) is 11.0 Å². The molecule has 1 N–H and O–H groups in total. The summed E-state index contributed by atoms with van der Waals surface area (Å²) in [6.45, 7) is 2.07. The first-order chi connectivity index (χ1) is 11.3. The van der Waals surface area contributed by atoms with Gasteiger partial charge in [-0.1, -0.05) is 0 Å². The molecule has 0 spiro atoms. The van der Waals surface area contributed by atoms with E-state index < -0.39 is 11.2 Å². The van der Waals surface area contributed by atoms with Crippen LogP contribution in [0.3, 0.4) is 0 Å². The highest BCUT2D eigenvalue weighted by Gasteiger charge is 2.20. The van der Waals surface area contributed by atoms with Crippen LogP contribution in [0.15, 0.2) is 28.3 Å². The van der Waals surface area contributed by atoms with Crippen LogP contribution in [0.2, 0.25) is 0 Å². The maximum absolute atomic E-state index is 12.5. The monoisotopic (exact) mass is 347 g/mol. The van der Waals surface area contributed by atoms with Crippen LogP contribution < -0.4 is 4.90 Å². The molecule has 0 radical (unpaired) electrons. The molecule has 3 aromatic heterocycles. The van der Waals surface area contributed by atoms with Gasteiger partial charge in [-0.15, -0.1) is 11.3 Å². The van der Waals surface area contributed by atoms with E-state index >= 15 is 0 Å². The maximum Gasteiger partial charge on any atom is 0.322 e. The first kappa shape index (κ1) is 14.9. The maximum atomic E-state index is 12.5. The number of nitrogens with zero attached hydrogens (tertiary/aromatic N) is 4. The van der Waals surface area contributed by atoms with E-state index in [1.54, 1.807) is 17.7 Å². The zero-order valence-corrected chi connectivity index (χ0v) is 14.2. The molecule has 1 atom stereocenters. The van der Waals surface area contributed by atoms with Crippen molar-refractivity contribution in [3.63, 3.8) is 0 Å². The third kappa shape index (κ3) is 3.19. The minimum Gasteiger partial charge on any atom is -0.609 e. The van der Waals surface area contributed by atoms with Crippen molar-refractivity contribution in [2.24, 2.45) is 0 Å². The molecule has 0 saturated carbocycles. The van der Waals surface area contributed by atoms with E-state index in [4.69, 9.17) is 0 Å². The fraction of sp³-hybridized carbons (Fsp3) is 0.400. The first-order valence-corrected chi connectivity index (χ1v) is 9.92. The summed E-state index contributed by atoms with van der Waals surface area (Å²) in [6.07, 6.45) is 5.26. The Morgan fingerprint density at radius 2 is 2.09 bits per heavy atom. The highest BCUT2D eigenvalue weighted by atomic mass is 32.2. The number of aromatic nitrogens is 4. The number of imidazole rings is 1. The van der Waals surface area contributed by atoms with Crippen LogP contribution in [0.4, 0.5) is 5.82 Å². The number of nitrogens with one attached hydrogen (secondary N) is 1. The van der Waals surface area contributed by atoms with Gasteiger partial charge in [0.1, 0.15) is 17.7 Å². The Labute approximate surface area is 141 Å². The number of piperidine rings is 1. The molecular formula is C15H17N5OS2. The smallest absolute Gasteiger partial charge is 0.322 e. The average molecular weight is 347 g/mol. The largest absolute Gasteiger partial charge is 0.609 e. The Morgan fingerprint density at radius 3 is 2.91 bits per heavy atom. The van der Waals surface area contributed by atoms with Gasteiger partial charge in [-0.05, 0) is 19.3 Å². The van der Waals surface area contributed by atoms with Gasteiger partial charge in [0.2, 0.25) is 0 Å². The predicted octanol–water partition coefficient (Wildman–Crippen LogP) is 2.71. The molecule has 120 valence electrons. The lowest BCUT2D eigenvalue weighted by molar-refractivity contribution is 0.572. The third-order valence-electron chi connectivity index (χ3n) is 3.99. The minimum absolute atomic E-state index is 0.350. The second-order valence-corrected chi connectivity index (χ2v) is 7.73. The molecule has 3 aromatic rings. The van der Waals surface area contributed by atoms with Gasteiger partial charge in [-0.3, -0.25) is 4.98 Å². The molecule has 1 aliphatic heterocycles. The van der Waals surface area contributed by atoms with E-state index in [2.05, 4.69) is 24.8 Å². The van der Waals surface area contributed by atoms with Gasteiger partial charge in [0.15, 0.2) is 5.75 Å². The SMILES string of the molecule is [O-][S+](Cc1cc(N2CCCCC2)ncn1)c1nc2cscc2[nH]1. The molecule has 0 aromatic carbocycles. The zero-order valence-electron chi connectivity index (χ0n) is 12.6. The number of hydrogen-bond acceptors (Lipinski definition) is 6. The van der Waals surface area contributed by atoms with Gasteiger partial charge < -0.3 is 9.45 Å². The van der Waals surface area contributed by atoms with Gasteiger partial charge in [-0.2, -0.15) is 4.98 Å². The molecule has 0 bridgehead atoms. The molecule has 6 nitrogen and oxygen atoms in total. The third-order valence-corrected chi connectivity index (χ3v) is 5.90. The van der Waals surface area contributed by atoms with Crippen LogP contribution in [-0.4, -0.2) is 37.6 Å². The Kier molecular flexibility index (Phi) is 4.19. The number of hydrogen-bond donors (Lipinski definition) is 1. The molecular weight excluding hydrogens is 330 g/mol. The molecule has 1 fully saturated rings. The van der Waals surface area contributed by atoms with Gasteiger partial charge >= 0.3 is 5.16 Å². The zero-order chi connectivity index (χ0) is 15.6. The summed E-state index contributed by atoms with van der Waals surface area (Å²) in [4.78, 5) is 18.4. The average Bonchev–Trinajstić information content (AvgIpc) is 3.18. The van der Waals surface area contributed by atoms with Crippen LogP contribution in [0.1, 0.15) is 25.0 Å². The van der Waals surface area contributed by atoms with E-state index in [1.165, 1.54) is 19.3 Å². The molecule has 0 amide bonds. The second-order valence-electron chi connectivity index (χ2n) is 5.62. The highest BCUT2D eigenvalue weighted by Crippen LogP contribution is 2.22. The summed E-state index contributed by atoms with van der Waals surface area (Å²) in [5, 5.41) is 4.44. The quantitative estimate of drug-likeness (QED) is 0.734. The Bertz CT molecular complexity index is 767. The standard InChI is InChI=1S/C15H17N5OS2/c21-23(15-18-12-7-22-8-13(12)19-15)9-11-6-14(17-10-16-11)20-4-2-1-3-5-20/h6-8,10H,1-5,9H2,(H,18,19). The van der Waals surface area contributed by atoms with E-state index in [9.17, 15) is 4.55 Å². The van der Waals surface area contributed by atoms with Crippen LogP contribution in [-0.2, 0) is 16.9 Å². The van der Waals surface area contributed by atoms with Crippen molar-refractivity contribution < 1.29 is 4.55 Å². The molecule has 1 saturated heterocycles. The lowest BCUT2D eigenvalue weighted by Crippen LogP contribution is -2.30. The molecule has 23 heavy (non-hydrogen) atoms. The molecule has 0 aliphatic carbocycles. The lowest BCUT2D eigenvalue weighted by Gasteiger charge is -2.27. The van der Waals surface area contributed by atoms with Gasteiger partial charge in [0.05, 0.1) is 11.2 Å². The Morgan fingerprint density at radius 1 is 1.22 bits per heavy atom. The number of anilines is 1. The van der Waals surface area contributed by atoms with Gasteiger partial charge in [0, 0.05) is 41.1 Å². The number of rotatable bonds is 4. The summed E-state index contributed by atoms with van der Waals surface area (Å²) < 4.78 is 12.5. The number of thiophene rings is 1. The molecule has 1 aliphatic rings. The molecule has 4 heterocycles. The van der Waals surface area contributed by atoms with Gasteiger partial charge in [-0.25, -0.2) is 9.97 Å². The molecule has 4 rings (SSSR count). The number of fused-ring (bicyclic) bond motifs is 1. The Balaban J connectivity index is 1.50.